The summed E-state index contributed by atoms with van der Waals surface area (Å²) in [6.45, 7) is 6.71. The second kappa shape index (κ2) is 14.9. The first kappa shape index (κ1) is 25.0. The Morgan fingerprint density at radius 2 is 1.39 bits per heavy atom. The first-order chi connectivity index (χ1) is 13.5. The minimum absolute atomic E-state index is 0.0373. The smallest absolute Gasteiger partial charge is 0.310 e. The lowest BCUT2D eigenvalue weighted by molar-refractivity contribution is -0.164. The maximum Gasteiger partial charge on any atom is 0.310 e. The Bertz CT molecular complexity index is 432. The molecule has 0 amide bonds. The van der Waals surface area contributed by atoms with Crippen LogP contribution in [0.3, 0.4) is 0 Å². The van der Waals surface area contributed by atoms with Gasteiger partial charge in [0.1, 0.15) is 6.10 Å². The fourth-order valence-electron chi connectivity index (χ4n) is 4.29. The third kappa shape index (κ3) is 10.5. The maximum absolute atomic E-state index is 12.7. The van der Waals surface area contributed by atoms with Gasteiger partial charge in [-0.25, -0.2) is 0 Å². The summed E-state index contributed by atoms with van der Waals surface area (Å²) in [5, 5.41) is 9.42. The van der Waals surface area contributed by atoms with Crippen molar-refractivity contribution in [2.24, 2.45) is 17.8 Å². The molecule has 1 aliphatic carbocycles. The van der Waals surface area contributed by atoms with Crippen molar-refractivity contribution in [1.82, 2.24) is 0 Å². The number of carboxylic acid groups (broad SMARTS) is 1. The molecule has 164 valence electrons. The summed E-state index contributed by atoms with van der Waals surface area (Å²) < 4.78 is 5.84. The van der Waals surface area contributed by atoms with Crippen molar-refractivity contribution in [2.45, 2.75) is 123 Å². The second-order valence-electron chi connectivity index (χ2n) is 9.13. The van der Waals surface area contributed by atoms with Crippen LogP contribution >= 0.6 is 0 Å². The molecule has 0 aromatic rings. The highest BCUT2D eigenvalue weighted by Crippen LogP contribution is 2.32. The molecule has 0 heterocycles. The summed E-state index contributed by atoms with van der Waals surface area (Å²) >= 11 is 0. The lowest BCUT2D eigenvalue weighted by Crippen LogP contribution is -2.35. The molecule has 4 heteroatoms. The highest BCUT2D eigenvalue weighted by Gasteiger charge is 2.37. The number of carbonyl (C=O) groups is 2. The van der Waals surface area contributed by atoms with Gasteiger partial charge >= 0.3 is 11.9 Å². The van der Waals surface area contributed by atoms with Gasteiger partial charge in [-0.2, -0.15) is 0 Å². The van der Waals surface area contributed by atoms with Gasteiger partial charge in [-0.15, -0.1) is 0 Å². The predicted octanol–water partition coefficient (Wildman–Crippen LogP) is 6.76. The molecule has 1 fully saturated rings. The molecule has 4 nitrogen and oxygen atoms in total. The van der Waals surface area contributed by atoms with Crippen molar-refractivity contribution in [2.75, 3.05) is 0 Å². The van der Waals surface area contributed by atoms with Crippen LogP contribution in [0.15, 0.2) is 0 Å². The SMILES string of the molecule is CCCCC(CCCCCCCCC(C)C)OC(=O)C1CCCCC1C(=O)O. The van der Waals surface area contributed by atoms with Gasteiger partial charge in [0.15, 0.2) is 0 Å². The number of ether oxygens (including phenoxy) is 1. The van der Waals surface area contributed by atoms with Crippen molar-refractivity contribution >= 4 is 11.9 Å². The molecule has 0 aromatic heterocycles. The second-order valence-corrected chi connectivity index (χ2v) is 9.13. The van der Waals surface area contributed by atoms with E-state index in [0.717, 1.165) is 50.9 Å². The molecule has 0 radical (unpaired) electrons. The zero-order chi connectivity index (χ0) is 20.8. The molecule has 1 N–H and O–H groups in total. The van der Waals surface area contributed by atoms with Crippen LogP contribution in [-0.4, -0.2) is 23.1 Å². The molecule has 0 aromatic carbocycles. The minimum atomic E-state index is -0.843. The van der Waals surface area contributed by atoms with E-state index in [-0.39, 0.29) is 12.1 Å². The molecule has 0 spiro atoms. The molecule has 28 heavy (non-hydrogen) atoms. The zero-order valence-corrected chi connectivity index (χ0v) is 18.6. The summed E-state index contributed by atoms with van der Waals surface area (Å²) in [6, 6.07) is 0. The van der Waals surface area contributed by atoms with Crippen LogP contribution in [0.1, 0.15) is 117 Å². The number of carbonyl (C=O) groups excluding carboxylic acids is 1. The Morgan fingerprint density at radius 3 is 1.96 bits per heavy atom. The van der Waals surface area contributed by atoms with Crippen molar-refractivity contribution < 1.29 is 19.4 Å². The van der Waals surface area contributed by atoms with Crippen molar-refractivity contribution in [3.8, 4) is 0 Å². The summed E-state index contributed by atoms with van der Waals surface area (Å²) in [4.78, 5) is 24.1. The molecule has 3 atom stereocenters. The Labute approximate surface area is 172 Å². The average Bonchev–Trinajstić information content (AvgIpc) is 2.67. The highest BCUT2D eigenvalue weighted by molar-refractivity contribution is 5.81. The van der Waals surface area contributed by atoms with Crippen LogP contribution < -0.4 is 0 Å². The molecular weight excluding hydrogens is 352 g/mol. The lowest BCUT2D eigenvalue weighted by atomic mass is 9.79. The Hall–Kier alpha value is -1.06. The largest absolute Gasteiger partial charge is 0.481 e. The molecule has 1 rings (SSSR count). The quantitative estimate of drug-likeness (QED) is 0.245. The topological polar surface area (TPSA) is 63.6 Å². The number of aliphatic carboxylic acids is 1. The molecule has 1 saturated carbocycles. The fourth-order valence-corrected chi connectivity index (χ4v) is 4.29. The van der Waals surface area contributed by atoms with Crippen LogP contribution in [0.5, 0.6) is 0 Å². The summed E-state index contributed by atoms with van der Waals surface area (Å²) in [5.74, 6) is -1.31. The number of unbranched alkanes of at least 4 members (excludes halogenated alkanes) is 6. The van der Waals surface area contributed by atoms with E-state index in [0.29, 0.717) is 12.8 Å². The standard InChI is InChI=1S/C24H44O4/c1-4-5-15-20(16-11-9-7-6-8-10-14-19(2)3)28-24(27)22-18-13-12-17-21(22)23(25)26/h19-22H,4-18H2,1-3H3,(H,25,26). The summed E-state index contributed by atoms with van der Waals surface area (Å²) in [7, 11) is 0. The summed E-state index contributed by atoms with van der Waals surface area (Å²) in [6.07, 6.45) is 15.9. The van der Waals surface area contributed by atoms with E-state index < -0.39 is 17.8 Å². The van der Waals surface area contributed by atoms with Gasteiger partial charge < -0.3 is 9.84 Å². The lowest BCUT2D eigenvalue weighted by Gasteiger charge is -2.28. The van der Waals surface area contributed by atoms with E-state index in [1.54, 1.807) is 0 Å². The highest BCUT2D eigenvalue weighted by atomic mass is 16.5. The van der Waals surface area contributed by atoms with Crippen molar-refractivity contribution in [1.29, 1.82) is 0 Å². The molecule has 0 saturated heterocycles. The molecule has 0 aliphatic heterocycles. The molecule has 0 bridgehead atoms. The molecular formula is C24H44O4. The predicted molar refractivity (Wildman–Crippen MR) is 114 cm³/mol. The normalized spacial score (nSPS) is 20.9. The number of carboxylic acids is 1. The third-order valence-electron chi connectivity index (χ3n) is 6.11. The van der Waals surface area contributed by atoms with E-state index in [1.807, 2.05) is 0 Å². The van der Waals surface area contributed by atoms with E-state index in [1.165, 1.54) is 38.5 Å². The fraction of sp³-hybridized carbons (Fsp3) is 0.917. The molecule has 1 aliphatic rings. The molecule has 3 unspecified atom stereocenters. The Balaban J connectivity index is 2.34. The number of hydrogen-bond acceptors (Lipinski definition) is 3. The third-order valence-corrected chi connectivity index (χ3v) is 6.11. The van der Waals surface area contributed by atoms with Crippen molar-refractivity contribution in [3.63, 3.8) is 0 Å². The van der Waals surface area contributed by atoms with Crippen LogP contribution in [0.2, 0.25) is 0 Å². The van der Waals surface area contributed by atoms with Crippen LogP contribution in [-0.2, 0) is 14.3 Å². The zero-order valence-electron chi connectivity index (χ0n) is 18.6. The van der Waals surface area contributed by atoms with Crippen LogP contribution in [0.4, 0.5) is 0 Å². The van der Waals surface area contributed by atoms with E-state index in [4.69, 9.17) is 4.74 Å². The maximum atomic E-state index is 12.7. The van der Waals surface area contributed by atoms with Gasteiger partial charge in [0.2, 0.25) is 0 Å². The van der Waals surface area contributed by atoms with E-state index >= 15 is 0 Å². The minimum Gasteiger partial charge on any atom is -0.481 e. The van der Waals surface area contributed by atoms with Gasteiger partial charge in [-0.3, -0.25) is 9.59 Å². The Kier molecular flexibility index (Phi) is 13.3. The van der Waals surface area contributed by atoms with Gasteiger partial charge in [-0.1, -0.05) is 85.0 Å². The van der Waals surface area contributed by atoms with Crippen LogP contribution in [0.25, 0.3) is 0 Å². The first-order valence-corrected chi connectivity index (χ1v) is 11.9. The summed E-state index contributed by atoms with van der Waals surface area (Å²) in [5.41, 5.74) is 0. The van der Waals surface area contributed by atoms with E-state index in [9.17, 15) is 14.7 Å². The van der Waals surface area contributed by atoms with E-state index in [2.05, 4.69) is 20.8 Å². The monoisotopic (exact) mass is 396 g/mol. The number of hydrogen-bond donors (Lipinski definition) is 1. The van der Waals surface area contributed by atoms with Gasteiger partial charge in [0.05, 0.1) is 11.8 Å². The van der Waals surface area contributed by atoms with Gasteiger partial charge in [0, 0.05) is 0 Å². The van der Waals surface area contributed by atoms with Crippen molar-refractivity contribution in [3.05, 3.63) is 0 Å². The van der Waals surface area contributed by atoms with Gasteiger partial charge in [0.25, 0.3) is 0 Å². The van der Waals surface area contributed by atoms with Gasteiger partial charge in [-0.05, 0) is 38.0 Å². The van der Waals surface area contributed by atoms with Crippen LogP contribution in [0, 0.1) is 17.8 Å². The number of rotatable bonds is 15. The Morgan fingerprint density at radius 1 is 0.857 bits per heavy atom. The first-order valence-electron chi connectivity index (χ1n) is 11.9. The average molecular weight is 397 g/mol. The number of esters is 1.